The number of halogens is 1. The molecule has 1 atom stereocenters. The van der Waals surface area contributed by atoms with Gasteiger partial charge in [-0.15, -0.1) is 0 Å². The van der Waals surface area contributed by atoms with E-state index in [1.54, 1.807) is 12.1 Å². The van der Waals surface area contributed by atoms with E-state index in [9.17, 15) is 9.18 Å². The van der Waals surface area contributed by atoms with Gasteiger partial charge in [-0.25, -0.2) is 19.7 Å². The summed E-state index contributed by atoms with van der Waals surface area (Å²) in [6.45, 7) is 0.592. The van der Waals surface area contributed by atoms with Gasteiger partial charge in [0.25, 0.3) is 5.91 Å². The van der Waals surface area contributed by atoms with E-state index < -0.39 is 18.0 Å². The lowest BCUT2D eigenvalue weighted by molar-refractivity contribution is -0.186. The molecule has 0 bridgehead atoms. The van der Waals surface area contributed by atoms with Crippen molar-refractivity contribution in [3.63, 3.8) is 0 Å². The van der Waals surface area contributed by atoms with Gasteiger partial charge in [0.15, 0.2) is 6.29 Å². The molecule has 2 aromatic carbocycles. The number of ether oxygens (including phenoxy) is 1. The summed E-state index contributed by atoms with van der Waals surface area (Å²) in [5.74, 6) is -1.24. The number of aryl methyl sites for hydroxylation is 1. The molecule has 1 unspecified atom stereocenters. The molecule has 0 saturated carbocycles. The van der Waals surface area contributed by atoms with Crippen LogP contribution in [0.5, 0.6) is 0 Å². The van der Waals surface area contributed by atoms with Crippen LogP contribution in [-0.2, 0) is 22.4 Å². The fourth-order valence-corrected chi connectivity index (χ4v) is 5.11. The molecule has 6 rings (SSSR count). The number of hydrogen-bond acceptors (Lipinski definition) is 5. The number of benzene rings is 2. The van der Waals surface area contributed by atoms with Crippen LogP contribution < -0.4 is 5.48 Å². The molecule has 2 aliphatic rings. The highest BCUT2D eigenvalue weighted by Gasteiger charge is 2.23. The Morgan fingerprint density at radius 1 is 1.12 bits per heavy atom. The van der Waals surface area contributed by atoms with Crippen LogP contribution in [0.1, 0.15) is 53.6 Å². The molecule has 1 saturated heterocycles. The van der Waals surface area contributed by atoms with Crippen LogP contribution >= 0.6 is 0 Å². The van der Waals surface area contributed by atoms with Crippen LogP contribution in [0.25, 0.3) is 33.1 Å². The maximum Gasteiger partial charge on any atom is 0.277 e. The van der Waals surface area contributed by atoms with Crippen LogP contribution in [-0.4, -0.2) is 34.0 Å². The maximum absolute atomic E-state index is 14.7. The summed E-state index contributed by atoms with van der Waals surface area (Å²) in [5.41, 5.74) is 8.09. The molecule has 34 heavy (non-hydrogen) atoms. The number of amides is 1. The molecule has 1 aliphatic carbocycles. The van der Waals surface area contributed by atoms with Crippen molar-refractivity contribution in [2.75, 3.05) is 6.61 Å². The van der Waals surface area contributed by atoms with Gasteiger partial charge in [0.1, 0.15) is 5.82 Å². The highest BCUT2D eigenvalue weighted by Crippen LogP contribution is 2.38. The van der Waals surface area contributed by atoms with Gasteiger partial charge in [0.2, 0.25) is 0 Å². The van der Waals surface area contributed by atoms with Crippen molar-refractivity contribution in [1.82, 2.24) is 20.7 Å². The Morgan fingerprint density at radius 2 is 2.00 bits per heavy atom. The Kier molecular flexibility index (Phi) is 5.47. The van der Waals surface area contributed by atoms with Gasteiger partial charge < -0.3 is 4.74 Å². The van der Waals surface area contributed by atoms with Crippen molar-refractivity contribution < 1.29 is 18.8 Å². The largest absolute Gasteiger partial charge is 0.350 e. The zero-order chi connectivity index (χ0) is 23.1. The molecule has 1 fully saturated rings. The monoisotopic (exact) mass is 460 g/mol. The Morgan fingerprint density at radius 3 is 2.85 bits per heavy atom. The van der Waals surface area contributed by atoms with Gasteiger partial charge in [0.05, 0.1) is 28.5 Å². The minimum Gasteiger partial charge on any atom is -0.350 e. The van der Waals surface area contributed by atoms with Crippen LogP contribution in [0.15, 0.2) is 36.5 Å². The molecular weight excluding hydrogens is 435 g/mol. The predicted octanol–water partition coefficient (Wildman–Crippen LogP) is 4.98. The second kappa shape index (κ2) is 8.77. The molecule has 0 radical (unpaired) electrons. The second-order valence-electron chi connectivity index (χ2n) is 8.96. The summed E-state index contributed by atoms with van der Waals surface area (Å²) >= 11 is 0. The number of carbonyl (C=O) groups excluding carboxylic acids is 1. The minimum absolute atomic E-state index is 0.0787. The van der Waals surface area contributed by atoms with E-state index in [1.165, 1.54) is 11.6 Å². The van der Waals surface area contributed by atoms with Gasteiger partial charge in [-0.1, -0.05) is 0 Å². The standard InChI is InChI=1S/C26H25FN4O3/c27-20-9-8-15(13-18(20)26(32)31-34-23-7-3-4-12-33-23)25-17-6-2-1-5-16(17)24-19-14-28-30-21(19)10-11-22(24)29-25/h8-11,13-14,23H,1-7,12H2,(H,28,30)(H,31,32). The summed E-state index contributed by atoms with van der Waals surface area (Å²) in [7, 11) is 0. The van der Waals surface area contributed by atoms with Crippen LogP contribution in [0, 0.1) is 5.82 Å². The van der Waals surface area contributed by atoms with Crippen molar-refractivity contribution in [3.05, 3.63) is 59.0 Å². The summed E-state index contributed by atoms with van der Waals surface area (Å²) in [6, 6.07) is 8.54. The van der Waals surface area contributed by atoms with Crippen molar-refractivity contribution in [2.45, 2.75) is 51.2 Å². The molecule has 174 valence electrons. The zero-order valence-electron chi connectivity index (χ0n) is 18.7. The fraction of sp³-hybridized carbons (Fsp3) is 0.346. The molecule has 7 nitrogen and oxygen atoms in total. The molecule has 8 heteroatoms. The number of H-pyrrole nitrogens is 1. The molecule has 2 N–H and O–H groups in total. The van der Waals surface area contributed by atoms with E-state index in [0.717, 1.165) is 71.6 Å². The fourth-order valence-electron chi connectivity index (χ4n) is 5.11. The van der Waals surface area contributed by atoms with E-state index in [4.69, 9.17) is 14.6 Å². The summed E-state index contributed by atoms with van der Waals surface area (Å²) in [6.07, 6.45) is 8.00. The number of hydroxylamine groups is 1. The van der Waals surface area contributed by atoms with Gasteiger partial charge in [-0.3, -0.25) is 9.89 Å². The molecule has 0 spiro atoms. The van der Waals surface area contributed by atoms with E-state index in [1.807, 2.05) is 18.3 Å². The SMILES string of the molecule is O=C(NOC1CCCCO1)c1cc(-c2nc3ccc4[nH]ncc4c3c3c2CCCC3)ccc1F. The van der Waals surface area contributed by atoms with E-state index in [-0.39, 0.29) is 5.56 Å². The third-order valence-corrected chi connectivity index (χ3v) is 6.80. The zero-order valence-corrected chi connectivity index (χ0v) is 18.7. The number of fused-ring (bicyclic) bond motifs is 5. The highest BCUT2D eigenvalue weighted by atomic mass is 19.1. The Balaban J connectivity index is 1.40. The average molecular weight is 461 g/mol. The molecular formula is C26H25FN4O3. The number of rotatable bonds is 4. The number of nitrogens with one attached hydrogen (secondary N) is 2. The van der Waals surface area contributed by atoms with Gasteiger partial charge in [-0.05, 0) is 80.0 Å². The summed E-state index contributed by atoms with van der Waals surface area (Å²) < 4.78 is 20.1. The first-order valence-corrected chi connectivity index (χ1v) is 11.8. The summed E-state index contributed by atoms with van der Waals surface area (Å²) in [4.78, 5) is 23.1. The lowest BCUT2D eigenvalue weighted by atomic mass is 9.85. The normalized spacial score (nSPS) is 18.2. The molecule has 4 aromatic rings. The topological polar surface area (TPSA) is 89.1 Å². The first kappa shape index (κ1) is 21.2. The second-order valence-corrected chi connectivity index (χ2v) is 8.96. The van der Waals surface area contributed by atoms with Crippen molar-refractivity contribution in [3.8, 4) is 11.3 Å². The lowest BCUT2D eigenvalue weighted by Crippen LogP contribution is -2.33. The van der Waals surface area contributed by atoms with Crippen LogP contribution in [0.4, 0.5) is 4.39 Å². The number of aromatic nitrogens is 3. The van der Waals surface area contributed by atoms with Gasteiger partial charge in [0, 0.05) is 29.4 Å². The number of carbonyl (C=O) groups is 1. The smallest absolute Gasteiger partial charge is 0.277 e. The van der Waals surface area contributed by atoms with Crippen molar-refractivity contribution in [1.29, 1.82) is 0 Å². The number of aromatic amines is 1. The number of nitrogens with zero attached hydrogens (tertiary/aromatic N) is 2. The lowest BCUT2D eigenvalue weighted by Gasteiger charge is -2.23. The van der Waals surface area contributed by atoms with E-state index >= 15 is 0 Å². The highest BCUT2D eigenvalue weighted by molar-refractivity contribution is 6.07. The molecule has 1 amide bonds. The molecule has 3 heterocycles. The Hall–Kier alpha value is -3.36. The Labute approximate surface area is 195 Å². The quantitative estimate of drug-likeness (QED) is 0.419. The Bertz CT molecular complexity index is 1390. The summed E-state index contributed by atoms with van der Waals surface area (Å²) in [5, 5.41) is 9.45. The van der Waals surface area contributed by atoms with Crippen molar-refractivity contribution in [2.24, 2.45) is 0 Å². The number of pyridine rings is 1. The first-order chi connectivity index (χ1) is 16.7. The minimum atomic E-state index is -0.636. The third kappa shape index (κ3) is 3.73. The van der Waals surface area contributed by atoms with E-state index in [2.05, 4.69) is 15.7 Å². The van der Waals surface area contributed by atoms with Crippen LogP contribution in [0.2, 0.25) is 0 Å². The third-order valence-electron chi connectivity index (χ3n) is 6.80. The molecule has 1 aliphatic heterocycles. The van der Waals surface area contributed by atoms with E-state index in [0.29, 0.717) is 18.6 Å². The maximum atomic E-state index is 14.7. The average Bonchev–Trinajstić information content (AvgIpc) is 3.37. The van der Waals surface area contributed by atoms with Gasteiger partial charge >= 0.3 is 0 Å². The number of hydrogen-bond donors (Lipinski definition) is 2. The van der Waals surface area contributed by atoms with Gasteiger partial charge in [-0.2, -0.15) is 5.10 Å². The molecule has 2 aromatic heterocycles. The predicted molar refractivity (Wildman–Crippen MR) is 126 cm³/mol. The van der Waals surface area contributed by atoms with Crippen LogP contribution in [0.3, 0.4) is 0 Å². The van der Waals surface area contributed by atoms with Crippen molar-refractivity contribution >= 4 is 27.7 Å². The first-order valence-electron chi connectivity index (χ1n) is 11.8.